The quantitative estimate of drug-likeness (QED) is 0.649. The van der Waals surface area contributed by atoms with Crippen molar-refractivity contribution >= 4 is 11.6 Å². The molecule has 0 unspecified atom stereocenters. The summed E-state index contributed by atoms with van der Waals surface area (Å²) in [5.74, 6) is -1.03. The van der Waals surface area contributed by atoms with Gasteiger partial charge in [-0.2, -0.15) is 18.3 Å². The Hall–Kier alpha value is -3.23. The molecule has 0 spiro atoms. The summed E-state index contributed by atoms with van der Waals surface area (Å²) in [4.78, 5) is 16.5. The maximum absolute atomic E-state index is 13.3. The first-order valence-electron chi connectivity index (χ1n) is 8.35. The SMILES string of the molecule is CC(C)c1c(C(=O)Nc2cccc(F)c2)cnn1-c1ccc(C(F)(F)F)cn1. The molecule has 2 aromatic heterocycles. The standard InChI is InChI=1S/C19H16F4N4O/c1-11(2)17-15(18(28)26-14-5-3-4-13(20)8-14)10-25-27(17)16-7-6-12(9-24-16)19(21,22)23/h3-11H,1-2H3,(H,26,28). The van der Waals surface area contributed by atoms with Crippen LogP contribution in [-0.4, -0.2) is 20.7 Å². The molecule has 3 aromatic rings. The number of nitrogens with zero attached hydrogens (tertiary/aromatic N) is 3. The molecule has 1 amide bonds. The van der Waals surface area contributed by atoms with Crippen molar-refractivity contribution in [1.29, 1.82) is 0 Å². The number of nitrogens with one attached hydrogen (secondary N) is 1. The Bertz CT molecular complexity index is 994. The van der Waals surface area contributed by atoms with Gasteiger partial charge in [-0.1, -0.05) is 19.9 Å². The Balaban J connectivity index is 1.95. The van der Waals surface area contributed by atoms with Crippen LogP contribution in [0.15, 0.2) is 48.8 Å². The number of hydrogen-bond acceptors (Lipinski definition) is 3. The number of rotatable bonds is 4. The number of halogens is 4. The van der Waals surface area contributed by atoms with E-state index in [0.717, 1.165) is 6.07 Å². The smallest absolute Gasteiger partial charge is 0.322 e. The zero-order valence-corrected chi connectivity index (χ0v) is 15.0. The molecule has 0 saturated heterocycles. The zero-order chi connectivity index (χ0) is 20.5. The Morgan fingerprint density at radius 1 is 1.14 bits per heavy atom. The van der Waals surface area contributed by atoms with E-state index >= 15 is 0 Å². The minimum absolute atomic E-state index is 0.154. The highest BCUT2D eigenvalue weighted by atomic mass is 19.4. The van der Waals surface area contributed by atoms with E-state index in [1.165, 1.54) is 41.2 Å². The van der Waals surface area contributed by atoms with E-state index < -0.39 is 23.5 Å². The summed E-state index contributed by atoms with van der Waals surface area (Å²) in [6.07, 6.45) is -2.47. The topological polar surface area (TPSA) is 59.8 Å². The first-order chi connectivity index (χ1) is 13.2. The van der Waals surface area contributed by atoms with Crippen molar-refractivity contribution in [1.82, 2.24) is 14.8 Å². The number of aromatic nitrogens is 3. The highest BCUT2D eigenvalue weighted by Crippen LogP contribution is 2.29. The molecule has 1 N–H and O–H groups in total. The lowest BCUT2D eigenvalue weighted by molar-refractivity contribution is -0.137. The van der Waals surface area contributed by atoms with E-state index in [1.807, 2.05) is 13.8 Å². The average molecular weight is 392 g/mol. The summed E-state index contributed by atoms with van der Waals surface area (Å²) in [7, 11) is 0. The maximum Gasteiger partial charge on any atom is 0.417 e. The molecule has 0 saturated carbocycles. The van der Waals surface area contributed by atoms with Gasteiger partial charge in [-0.15, -0.1) is 0 Å². The van der Waals surface area contributed by atoms with Crippen LogP contribution >= 0.6 is 0 Å². The van der Waals surface area contributed by atoms with Crippen LogP contribution in [0.4, 0.5) is 23.2 Å². The lowest BCUT2D eigenvalue weighted by Crippen LogP contribution is -2.16. The van der Waals surface area contributed by atoms with Crippen LogP contribution in [0.1, 0.15) is 41.4 Å². The third kappa shape index (κ3) is 4.03. The van der Waals surface area contributed by atoms with E-state index in [9.17, 15) is 22.4 Å². The van der Waals surface area contributed by atoms with Crippen molar-refractivity contribution in [3.63, 3.8) is 0 Å². The molecular formula is C19H16F4N4O. The molecule has 0 fully saturated rings. The number of benzene rings is 1. The van der Waals surface area contributed by atoms with Crippen LogP contribution in [0, 0.1) is 5.82 Å². The number of amides is 1. The normalized spacial score (nSPS) is 11.7. The van der Waals surface area contributed by atoms with Crippen molar-refractivity contribution < 1.29 is 22.4 Å². The molecule has 3 rings (SSSR count). The summed E-state index contributed by atoms with van der Waals surface area (Å²) < 4.78 is 52.8. The molecule has 28 heavy (non-hydrogen) atoms. The molecule has 0 aliphatic heterocycles. The van der Waals surface area contributed by atoms with Crippen molar-refractivity contribution in [2.24, 2.45) is 0 Å². The summed E-state index contributed by atoms with van der Waals surface area (Å²) in [5.41, 5.74) is 0.0980. The van der Waals surface area contributed by atoms with Crippen molar-refractivity contribution in [3.8, 4) is 5.82 Å². The molecular weight excluding hydrogens is 376 g/mol. The second-order valence-electron chi connectivity index (χ2n) is 6.38. The van der Waals surface area contributed by atoms with Gasteiger partial charge in [0.15, 0.2) is 5.82 Å². The van der Waals surface area contributed by atoms with Gasteiger partial charge in [0.05, 0.1) is 23.0 Å². The number of hydrogen-bond donors (Lipinski definition) is 1. The molecule has 146 valence electrons. The van der Waals surface area contributed by atoms with Crippen LogP contribution < -0.4 is 5.32 Å². The molecule has 5 nitrogen and oxygen atoms in total. The Morgan fingerprint density at radius 3 is 2.46 bits per heavy atom. The average Bonchev–Trinajstić information content (AvgIpc) is 3.06. The summed E-state index contributed by atoms with van der Waals surface area (Å²) >= 11 is 0. The number of alkyl halides is 3. The Morgan fingerprint density at radius 2 is 1.89 bits per heavy atom. The summed E-state index contributed by atoms with van der Waals surface area (Å²) in [5, 5.41) is 6.70. The second-order valence-corrected chi connectivity index (χ2v) is 6.38. The van der Waals surface area contributed by atoms with E-state index in [0.29, 0.717) is 11.9 Å². The van der Waals surface area contributed by atoms with Crippen LogP contribution in [0.3, 0.4) is 0 Å². The van der Waals surface area contributed by atoms with Crippen LogP contribution in [0.5, 0.6) is 0 Å². The lowest BCUT2D eigenvalue weighted by atomic mass is 10.1. The third-order valence-corrected chi connectivity index (χ3v) is 3.97. The first kappa shape index (κ1) is 19.5. The van der Waals surface area contributed by atoms with Gasteiger partial charge in [-0.05, 0) is 36.2 Å². The third-order valence-electron chi connectivity index (χ3n) is 3.97. The summed E-state index contributed by atoms with van der Waals surface area (Å²) in [6.45, 7) is 3.63. The van der Waals surface area contributed by atoms with E-state index in [4.69, 9.17) is 0 Å². The van der Waals surface area contributed by atoms with Crippen LogP contribution in [0.25, 0.3) is 5.82 Å². The monoisotopic (exact) mass is 392 g/mol. The predicted octanol–water partition coefficient (Wildman–Crippen LogP) is 4.80. The summed E-state index contributed by atoms with van der Waals surface area (Å²) in [6, 6.07) is 7.52. The zero-order valence-electron chi connectivity index (χ0n) is 15.0. The van der Waals surface area contributed by atoms with E-state index in [1.54, 1.807) is 0 Å². The predicted molar refractivity (Wildman–Crippen MR) is 94.8 cm³/mol. The molecule has 0 atom stereocenters. The van der Waals surface area contributed by atoms with E-state index in [-0.39, 0.29) is 23.0 Å². The molecule has 0 bridgehead atoms. The van der Waals surface area contributed by atoms with Crippen LogP contribution in [-0.2, 0) is 6.18 Å². The maximum atomic E-state index is 13.3. The minimum Gasteiger partial charge on any atom is -0.322 e. The van der Waals surface area contributed by atoms with Gasteiger partial charge >= 0.3 is 6.18 Å². The molecule has 0 aliphatic rings. The van der Waals surface area contributed by atoms with Gasteiger partial charge in [0.2, 0.25) is 0 Å². The van der Waals surface area contributed by atoms with Crippen molar-refractivity contribution in [3.05, 3.63) is 71.4 Å². The molecule has 9 heteroatoms. The molecule has 0 aliphatic carbocycles. The van der Waals surface area contributed by atoms with Gasteiger partial charge in [0, 0.05) is 11.9 Å². The number of pyridine rings is 1. The molecule has 0 radical (unpaired) electrons. The van der Waals surface area contributed by atoms with Gasteiger partial charge in [-0.3, -0.25) is 4.79 Å². The van der Waals surface area contributed by atoms with Gasteiger partial charge in [0.25, 0.3) is 5.91 Å². The molecule has 2 heterocycles. The largest absolute Gasteiger partial charge is 0.417 e. The van der Waals surface area contributed by atoms with Crippen LogP contribution in [0.2, 0.25) is 0 Å². The minimum atomic E-state index is -4.49. The highest BCUT2D eigenvalue weighted by molar-refractivity contribution is 6.05. The number of carbonyl (C=O) groups excluding carboxylic acids is 1. The van der Waals surface area contributed by atoms with Gasteiger partial charge in [-0.25, -0.2) is 14.1 Å². The first-order valence-corrected chi connectivity index (χ1v) is 8.35. The Kier molecular flexibility index (Phi) is 5.17. The fourth-order valence-electron chi connectivity index (χ4n) is 2.71. The second kappa shape index (κ2) is 7.41. The Labute approximate surface area is 158 Å². The number of anilines is 1. The lowest BCUT2D eigenvalue weighted by Gasteiger charge is -2.13. The molecule has 1 aromatic carbocycles. The van der Waals surface area contributed by atoms with Gasteiger partial charge < -0.3 is 5.32 Å². The highest BCUT2D eigenvalue weighted by Gasteiger charge is 2.31. The van der Waals surface area contributed by atoms with Crippen molar-refractivity contribution in [2.75, 3.05) is 5.32 Å². The van der Waals surface area contributed by atoms with Gasteiger partial charge in [0.1, 0.15) is 5.82 Å². The fraction of sp³-hybridized carbons (Fsp3) is 0.211. The fourth-order valence-corrected chi connectivity index (χ4v) is 2.71. The van der Waals surface area contributed by atoms with E-state index in [2.05, 4.69) is 15.4 Å². The number of carbonyl (C=O) groups is 1. The van der Waals surface area contributed by atoms with Crippen molar-refractivity contribution in [2.45, 2.75) is 25.9 Å².